The minimum absolute atomic E-state index is 0.162. The molecule has 0 radical (unpaired) electrons. The van der Waals surface area contributed by atoms with Crippen LogP contribution in [0.25, 0.3) is 11.0 Å². The van der Waals surface area contributed by atoms with Gasteiger partial charge in [-0.1, -0.05) is 19.9 Å². The van der Waals surface area contributed by atoms with Gasteiger partial charge in [-0.15, -0.1) is 0 Å². The number of carbonyl (C=O) groups excluding carboxylic acids is 3. The summed E-state index contributed by atoms with van der Waals surface area (Å²) in [6.45, 7) is 3.63. The van der Waals surface area contributed by atoms with Gasteiger partial charge in [0.1, 0.15) is 11.7 Å². The van der Waals surface area contributed by atoms with Crippen LogP contribution in [-0.2, 0) is 23.9 Å². The molecular weight excluding hydrogens is 492 g/mol. The summed E-state index contributed by atoms with van der Waals surface area (Å²) >= 11 is 0. The zero-order valence-corrected chi connectivity index (χ0v) is 20.8. The molecule has 3 aliphatic rings. The van der Waals surface area contributed by atoms with E-state index in [1.54, 1.807) is 31.2 Å². The van der Waals surface area contributed by atoms with E-state index >= 15 is 0 Å². The lowest BCUT2D eigenvalue weighted by Crippen LogP contribution is -2.61. The molecule has 1 saturated heterocycles. The highest BCUT2D eigenvalue weighted by Gasteiger charge is 2.66. The quantitative estimate of drug-likeness (QED) is 0.470. The molecule has 2 fully saturated rings. The smallest absolute Gasteiger partial charge is 0.343 e. The Bertz CT molecular complexity index is 1500. The lowest BCUT2D eigenvalue weighted by atomic mass is 9.44. The van der Waals surface area contributed by atoms with Gasteiger partial charge in [0.2, 0.25) is 5.78 Å². The van der Waals surface area contributed by atoms with Gasteiger partial charge < -0.3 is 23.4 Å². The molecule has 6 atom stereocenters. The maximum Gasteiger partial charge on any atom is 0.343 e. The fourth-order valence-electron chi connectivity index (χ4n) is 7.02. The third-order valence-electron chi connectivity index (χ3n) is 8.86. The Morgan fingerprint density at radius 3 is 2.63 bits per heavy atom. The van der Waals surface area contributed by atoms with Gasteiger partial charge in [0.25, 0.3) is 0 Å². The van der Waals surface area contributed by atoms with E-state index < -0.39 is 58.4 Å². The van der Waals surface area contributed by atoms with E-state index in [0.717, 1.165) is 5.39 Å². The molecule has 9 heteroatoms. The number of hydrogen-bond donors (Lipinski definition) is 1. The largest absolute Gasteiger partial charge is 0.481 e. The zero-order chi connectivity index (χ0) is 26.8. The SMILES string of the molecule is C[C@@]12CC[C@H]3C(=O)O[C@H](c4ccoc4)C[C@]3(C)[C@H]1C(=O)C(OC(=O)c1ccc3ccoc3c1)=C[C@H]2C(=O)O. The first-order chi connectivity index (χ1) is 18.1. The summed E-state index contributed by atoms with van der Waals surface area (Å²) in [7, 11) is 0. The molecule has 1 saturated carbocycles. The molecule has 1 aliphatic heterocycles. The third kappa shape index (κ3) is 3.52. The topological polar surface area (TPSA) is 133 Å². The van der Waals surface area contributed by atoms with Crippen molar-refractivity contribution in [2.45, 2.75) is 39.2 Å². The van der Waals surface area contributed by atoms with Gasteiger partial charge in [-0.3, -0.25) is 14.4 Å². The molecule has 1 aromatic carbocycles. The molecule has 0 amide bonds. The molecule has 2 aromatic heterocycles. The van der Waals surface area contributed by atoms with Gasteiger partial charge >= 0.3 is 17.9 Å². The number of cyclic esters (lactones) is 1. The van der Waals surface area contributed by atoms with Crippen LogP contribution in [0.15, 0.2) is 69.8 Å². The molecular formula is C29H26O9. The van der Waals surface area contributed by atoms with E-state index in [1.807, 2.05) is 6.92 Å². The highest BCUT2D eigenvalue weighted by atomic mass is 16.5. The van der Waals surface area contributed by atoms with Crippen LogP contribution in [0, 0.1) is 28.6 Å². The first kappa shape index (κ1) is 24.2. The molecule has 3 aromatic rings. The van der Waals surface area contributed by atoms with Gasteiger partial charge in [-0.2, -0.15) is 0 Å². The summed E-state index contributed by atoms with van der Waals surface area (Å²) in [6.07, 6.45) is 6.11. The van der Waals surface area contributed by atoms with Crippen molar-refractivity contribution in [1.82, 2.24) is 0 Å². The number of allylic oxidation sites excluding steroid dienone is 1. The van der Waals surface area contributed by atoms with E-state index in [1.165, 1.54) is 30.9 Å². The number of benzene rings is 1. The van der Waals surface area contributed by atoms with Crippen LogP contribution in [-0.4, -0.2) is 28.8 Å². The van der Waals surface area contributed by atoms with E-state index in [2.05, 4.69) is 0 Å². The van der Waals surface area contributed by atoms with Crippen molar-refractivity contribution in [3.63, 3.8) is 0 Å². The van der Waals surface area contributed by atoms with Crippen LogP contribution in [0.4, 0.5) is 0 Å². The molecule has 6 rings (SSSR count). The number of ketones is 1. The molecule has 0 unspecified atom stereocenters. The number of rotatable bonds is 4. The molecule has 9 nitrogen and oxygen atoms in total. The van der Waals surface area contributed by atoms with Crippen LogP contribution in [0.2, 0.25) is 0 Å². The number of hydrogen-bond acceptors (Lipinski definition) is 8. The summed E-state index contributed by atoms with van der Waals surface area (Å²) in [4.78, 5) is 52.9. The van der Waals surface area contributed by atoms with Crippen LogP contribution >= 0.6 is 0 Å². The fraction of sp³-hybridized carbons (Fsp3) is 0.379. The number of esters is 2. The molecule has 0 bridgehead atoms. The number of carboxylic acid groups (broad SMARTS) is 1. The van der Waals surface area contributed by atoms with E-state index in [-0.39, 0.29) is 11.3 Å². The fourth-order valence-corrected chi connectivity index (χ4v) is 7.02. The average molecular weight is 519 g/mol. The number of fused-ring (bicyclic) bond motifs is 4. The van der Waals surface area contributed by atoms with Gasteiger partial charge in [0, 0.05) is 16.9 Å². The summed E-state index contributed by atoms with van der Waals surface area (Å²) in [6, 6.07) is 8.21. The van der Waals surface area contributed by atoms with E-state index in [4.69, 9.17) is 18.3 Å². The lowest BCUT2D eigenvalue weighted by molar-refractivity contribution is -0.197. The van der Waals surface area contributed by atoms with Crippen molar-refractivity contribution >= 4 is 34.7 Å². The summed E-state index contributed by atoms with van der Waals surface area (Å²) in [5.74, 6) is -5.73. The van der Waals surface area contributed by atoms with Crippen molar-refractivity contribution in [2.24, 2.45) is 28.6 Å². The molecule has 38 heavy (non-hydrogen) atoms. The van der Waals surface area contributed by atoms with Crippen molar-refractivity contribution in [2.75, 3.05) is 0 Å². The second kappa shape index (κ2) is 8.44. The van der Waals surface area contributed by atoms with Crippen LogP contribution in [0.3, 0.4) is 0 Å². The van der Waals surface area contributed by atoms with Gasteiger partial charge in [0.05, 0.1) is 36.2 Å². The van der Waals surface area contributed by atoms with E-state index in [0.29, 0.717) is 30.4 Å². The summed E-state index contributed by atoms with van der Waals surface area (Å²) < 4.78 is 21.8. The van der Waals surface area contributed by atoms with E-state index in [9.17, 15) is 24.3 Å². The second-order valence-corrected chi connectivity index (χ2v) is 11.0. The molecule has 3 heterocycles. The number of furan rings is 2. The minimum Gasteiger partial charge on any atom is -0.481 e. The number of carboxylic acids is 1. The van der Waals surface area contributed by atoms with Crippen molar-refractivity contribution in [3.05, 3.63) is 72.1 Å². The Labute approximate surface area is 217 Å². The monoisotopic (exact) mass is 518 g/mol. The van der Waals surface area contributed by atoms with Gasteiger partial charge in [-0.05, 0) is 60.4 Å². The Kier molecular flexibility index (Phi) is 5.38. The first-order valence-corrected chi connectivity index (χ1v) is 12.5. The third-order valence-corrected chi connectivity index (χ3v) is 8.86. The normalized spacial score (nSPS) is 32.6. The lowest BCUT2D eigenvalue weighted by Gasteiger charge is -2.59. The van der Waals surface area contributed by atoms with Crippen molar-refractivity contribution in [1.29, 1.82) is 0 Å². The molecule has 196 valence electrons. The van der Waals surface area contributed by atoms with Gasteiger partial charge in [-0.25, -0.2) is 4.79 Å². The first-order valence-electron chi connectivity index (χ1n) is 12.5. The highest BCUT2D eigenvalue weighted by molar-refractivity contribution is 6.04. The summed E-state index contributed by atoms with van der Waals surface area (Å²) in [5.41, 5.74) is -0.619. The number of aliphatic carboxylic acids is 1. The van der Waals surface area contributed by atoms with Crippen LogP contribution in [0.5, 0.6) is 0 Å². The van der Waals surface area contributed by atoms with Crippen LogP contribution < -0.4 is 0 Å². The highest BCUT2D eigenvalue weighted by Crippen LogP contribution is 2.64. The minimum atomic E-state index is -1.12. The predicted octanol–water partition coefficient (Wildman–Crippen LogP) is 5.08. The van der Waals surface area contributed by atoms with Crippen molar-refractivity contribution in [3.8, 4) is 0 Å². The number of carbonyl (C=O) groups is 4. The van der Waals surface area contributed by atoms with Crippen molar-refractivity contribution < 1.29 is 42.6 Å². The van der Waals surface area contributed by atoms with Crippen LogP contribution in [0.1, 0.15) is 55.1 Å². The molecule has 2 aliphatic carbocycles. The molecule has 1 N–H and O–H groups in total. The number of ether oxygens (including phenoxy) is 2. The standard InChI is InChI=1S/C29H26O9/c1-28-8-5-18-27(34)38-22(17-6-9-35-14-17)13-29(18,2)24(28)23(30)21(12-19(28)25(31)32)37-26(33)16-4-3-15-7-10-36-20(15)11-16/h3-4,6-7,9-12,14,18-19,22,24H,5,8,13H2,1-2H3,(H,31,32)/t18-,19-,22-,24-,28-,29-/m0/s1. The predicted molar refractivity (Wildman–Crippen MR) is 130 cm³/mol. The van der Waals surface area contributed by atoms with Gasteiger partial charge in [0.15, 0.2) is 5.76 Å². The second-order valence-electron chi connectivity index (χ2n) is 11.0. The molecule has 0 spiro atoms. The Balaban J connectivity index is 1.39. The maximum atomic E-state index is 14.1. The Hall–Kier alpha value is -4.14. The average Bonchev–Trinajstić information content (AvgIpc) is 3.56. The summed E-state index contributed by atoms with van der Waals surface area (Å²) in [5, 5.41) is 11.0. The Morgan fingerprint density at radius 1 is 1.08 bits per heavy atom. The maximum absolute atomic E-state index is 14.1. The zero-order valence-electron chi connectivity index (χ0n) is 20.8. The number of Topliss-reactive ketones (excluding diaryl/α,β-unsaturated/α-hetero) is 1. The Morgan fingerprint density at radius 2 is 1.89 bits per heavy atom.